The number of aromatic nitrogens is 3. The number of nitrogens with zero attached hydrogens (tertiary/aromatic N) is 3. The first-order valence-electron chi connectivity index (χ1n) is 4.90. The third-order valence-corrected chi connectivity index (χ3v) is 2.62. The smallest absolute Gasteiger partial charge is 0.155 e. The summed E-state index contributed by atoms with van der Waals surface area (Å²) in [4.78, 5) is 1.55. The van der Waals surface area contributed by atoms with Crippen LogP contribution in [0.4, 0.5) is 0 Å². The van der Waals surface area contributed by atoms with Crippen molar-refractivity contribution in [3.05, 3.63) is 53.8 Å². The van der Waals surface area contributed by atoms with Crippen molar-refractivity contribution in [2.75, 3.05) is 0 Å². The van der Waals surface area contributed by atoms with E-state index in [2.05, 4.69) is 22.3 Å². The minimum atomic E-state index is 0.396. The maximum absolute atomic E-state index is 5.77. The first-order valence-corrected chi connectivity index (χ1v) is 5.28. The molecule has 16 heavy (non-hydrogen) atoms. The fraction of sp³-hybridized carbons (Fsp3) is 0. The molecule has 0 N–H and O–H groups in total. The summed E-state index contributed by atoms with van der Waals surface area (Å²) in [6, 6.07) is 14.1. The van der Waals surface area contributed by atoms with Gasteiger partial charge in [-0.15, -0.1) is 9.90 Å². The van der Waals surface area contributed by atoms with Crippen LogP contribution in [0.3, 0.4) is 0 Å². The van der Waals surface area contributed by atoms with Crippen molar-refractivity contribution in [1.82, 2.24) is 15.0 Å². The molecule has 3 nitrogen and oxygen atoms in total. The van der Waals surface area contributed by atoms with Gasteiger partial charge in [-0.25, -0.2) is 0 Å². The van der Waals surface area contributed by atoms with Crippen molar-refractivity contribution in [3.8, 4) is 5.69 Å². The summed E-state index contributed by atoms with van der Waals surface area (Å²) in [5, 5.41) is 10.9. The molecule has 0 fully saturated rings. The van der Waals surface area contributed by atoms with E-state index in [0.717, 1.165) is 16.5 Å². The Morgan fingerprint density at radius 3 is 2.62 bits per heavy atom. The largest absolute Gasteiger partial charge is 0.171 e. The Balaban J connectivity index is 2.31. The van der Waals surface area contributed by atoms with Crippen LogP contribution in [0.1, 0.15) is 0 Å². The summed E-state index contributed by atoms with van der Waals surface area (Å²) in [7, 11) is 0. The molecule has 1 heterocycles. The van der Waals surface area contributed by atoms with Gasteiger partial charge in [-0.2, -0.15) is 5.10 Å². The molecule has 0 saturated heterocycles. The third kappa shape index (κ3) is 1.46. The molecule has 78 valence electrons. The number of benzene rings is 2. The van der Waals surface area contributed by atoms with Gasteiger partial charge in [-0.3, -0.25) is 0 Å². The van der Waals surface area contributed by atoms with Gasteiger partial charge >= 0.3 is 0 Å². The van der Waals surface area contributed by atoms with Crippen LogP contribution in [-0.2, 0) is 0 Å². The van der Waals surface area contributed by atoms with Crippen LogP contribution in [0, 0.1) is 0 Å². The molecule has 3 rings (SSSR count). The predicted molar refractivity (Wildman–Crippen MR) is 63.9 cm³/mol. The molecule has 0 amide bonds. The van der Waals surface area contributed by atoms with E-state index in [-0.39, 0.29) is 0 Å². The predicted octanol–water partition coefficient (Wildman–Crippen LogP) is 3.07. The lowest BCUT2D eigenvalue weighted by atomic mass is 10.1. The molecule has 0 spiro atoms. The van der Waals surface area contributed by atoms with Gasteiger partial charge < -0.3 is 0 Å². The molecular formula is C12H8ClN3. The number of rotatable bonds is 1. The molecule has 4 heteroatoms. The maximum atomic E-state index is 5.77. The van der Waals surface area contributed by atoms with Gasteiger partial charge in [0.25, 0.3) is 0 Å². The summed E-state index contributed by atoms with van der Waals surface area (Å²) in [5.41, 5.74) is 0.935. The fourth-order valence-electron chi connectivity index (χ4n) is 1.74. The quantitative estimate of drug-likeness (QED) is 0.642. The fourth-order valence-corrected chi connectivity index (χ4v) is 1.86. The van der Waals surface area contributed by atoms with Gasteiger partial charge in [0.15, 0.2) is 5.15 Å². The zero-order valence-corrected chi connectivity index (χ0v) is 9.09. The Labute approximate surface area is 97.3 Å². The number of hydrogen-bond donors (Lipinski definition) is 0. The zero-order chi connectivity index (χ0) is 11.0. The lowest BCUT2D eigenvalue weighted by Crippen LogP contribution is -1.99. The maximum Gasteiger partial charge on any atom is 0.171 e. The third-order valence-electron chi connectivity index (χ3n) is 2.45. The standard InChI is InChI=1S/C12H8ClN3/c13-12-8-14-16(15-12)11-7-3-5-9-4-1-2-6-10(9)11/h1-8H. The Kier molecular flexibility index (Phi) is 2.11. The van der Waals surface area contributed by atoms with Crippen LogP contribution < -0.4 is 0 Å². The molecule has 0 bridgehead atoms. The van der Waals surface area contributed by atoms with Crippen molar-refractivity contribution in [2.45, 2.75) is 0 Å². The summed E-state index contributed by atoms with van der Waals surface area (Å²) in [6.07, 6.45) is 1.53. The number of fused-ring (bicyclic) bond motifs is 1. The van der Waals surface area contributed by atoms with Gasteiger partial charge in [0.1, 0.15) is 0 Å². The normalized spacial score (nSPS) is 10.8. The monoisotopic (exact) mass is 229 g/mol. The van der Waals surface area contributed by atoms with Gasteiger partial charge in [-0.05, 0) is 11.5 Å². The molecule has 2 aromatic carbocycles. The molecule has 0 saturated carbocycles. The second-order valence-corrected chi connectivity index (χ2v) is 3.84. The van der Waals surface area contributed by atoms with Crippen molar-refractivity contribution in [2.24, 2.45) is 0 Å². The average molecular weight is 230 g/mol. The molecule has 0 radical (unpaired) electrons. The molecule has 1 aromatic heterocycles. The second kappa shape index (κ2) is 3.61. The molecule has 0 unspecified atom stereocenters. The van der Waals surface area contributed by atoms with Gasteiger partial charge in [0.05, 0.1) is 11.9 Å². The van der Waals surface area contributed by atoms with E-state index in [1.807, 2.05) is 30.3 Å². The summed E-state index contributed by atoms with van der Waals surface area (Å²) in [5.74, 6) is 0. The van der Waals surface area contributed by atoms with E-state index in [4.69, 9.17) is 11.6 Å². The van der Waals surface area contributed by atoms with Crippen molar-refractivity contribution in [1.29, 1.82) is 0 Å². The van der Waals surface area contributed by atoms with Gasteiger partial charge in [0, 0.05) is 5.39 Å². The molecule has 0 aliphatic carbocycles. The van der Waals surface area contributed by atoms with Gasteiger partial charge in [0.2, 0.25) is 0 Å². The topological polar surface area (TPSA) is 30.7 Å². The van der Waals surface area contributed by atoms with E-state index in [1.165, 1.54) is 6.20 Å². The first-order chi connectivity index (χ1) is 7.84. The van der Waals surface area contributed by atoms with E-state index >= 15 is 0 Å². The second-order valence-electron chi connectivity index (χ2n) is 3.46. The highest BCUT2D eigenvalue weighted by atomic mass is 35.5. The van der Waals surface area contributed by atoms with E-state index in [1.54, 1.807) is 4.80 Å². The Hall–Kier alpha value is -1.87. The van der Waals surface area contributed by atoms with E-state index in [9.17, 15) is 0 Å². The zero-order valence-electron chi connectivity index (χ0n) is 8.34. The van der Waals surface area contributed by atoms with Crippen LogP contribution in [0.15, 0.2) is 48.7 Å². The first kappa shape index (κ1) is 9.36. The number of halogens is 1. The average Bonchev–Trinajstić information content (AvgIpc) is 2.75. The van der Waals surface area contributed by atoms with Crippen LogP contribution in [0.2, 0.25) is 5.15 Å². The van der Waals surface area contributed by atoms with Crippen molar-refractivity contribution >= 4 is 22.4 Å². The Morgan fingerprint density at radius 1 is 1.00 bits per heavy atom. The molecule has 0 atom stereocenters. The molecule has 3 aromatic rings. The highest BCUT2D eigenvalue weighted by molar-refractivity contribution is 6.29. The van der Waals surface area contributed by atoms with Gasteiger partial charge in [-0.1, -0.05) is 48.0 Å². The SMILES string of the molecule is Clc1cnn(-c2cccc3ccccc23)n1. The van der Waals surface area contributed by atoms with Crippen LogP contribution >= 0.6 is 11.6 Å². The molecule has 0 aliphatic rings. The number of hydrogen-bond acceptors (Lipinski definition) is 2. The highest BCUT2D eigenvalue weighted by Gasteiger charge is 2.04. The minimum Gasteiger partial charge on any atom is -0.155 e. The van der Waals surface area contributed by atoms with E-state index in [0.29, 0.717) is 5.15 Å². The summed E-state index contributed by atoms with van der Waals surface area (Å²) < 4.78 is 0. The lowest BCUT2D eigenvalue weighted by Gasteiger charge is -2.04. The lowest BCUT2D eigenvalue weighted by molar-refractivity contribution is 0.757. The Bertz CT molecular complexity index is 640. The summed E-state index contributed by atoms with van der Waals surface area (Å²) >= 11 is 5.77. The van der Waals surface area contributed by atoms with Crippen LogP contribution in [0.5, 0.6) is 0 Å². The Morgan fingerprint density at radius 2 is 1.81 bits per heavy atom. The highest BCUT2D eigenvalue weighted by Crippen LogP contribution is 2.21. The van der Waals surface area contributed by atoms with Crippen LogP contribution in [-0.4, -0.2) is 15.0 Å². The van der Waals surface area contributed by atoms with Crippen molar-refractivity contribution in [3.63, 3.8) is 0 Å². The minimum absolute atomic E-state index is 0.396. The molecular weight excluding hydrogens is 222 g/mol. The van der Waals surface area contributed by atoms with Crippen molar-refractivity contribution < 1.29 is 0 Å². The summed E-state index contributed by atoms with van der Waals surface area (Å²) in [6.45, 7) is 0. The van der Waals surface area contributed by atoms with Crippen LogP contribution in [0.25, 0.3) is 16.5 Å². The van der Waals surface area contributed by atoms with E-state index < -0.39 is 0 Å². The molecule has 0 aliphatic heterocycles.